The van der Waals surface area contributed by atoms with Gasteiger partial charge in [-0.1, -0.05) is 26.7 Å². The molecule has 0 spiro atoms. The second kappa shape index (κ2) is 7.09. The molecule has 0 saturated heterocycles. The molecule has 1 N–H and O–H groups in total. The molecule has 1 heterocycles. The highest BCUT2D eigenvalue weighted by Gasteiger charge is 2.26. The van der Waals surface area contributed by atoms with E-state index < -0.39 is 0 Å². The number of hydrogen-bond acceptors (Lipinski definition) is 2. The van der Waals surface area contributed by atoms with E-state index in [1.165, 1.54) is 37.9 Å². The largest absolute Gasteiger partial charge is 0.335 e. The molecule has 1 aromatic rings. The molecule has 2 rings (SSSR count). The number of hydrogen-bond donors (Lipinski definition) is 1. The minimum absolute atomic E-state index is 0.588. The number of aryl methyl sites for hydroxylation is 1. The first-order valence-electron chi connectivity index (χ1n) is 7.91. The van der Waals surface area contributed by atoms with E-state index >= 15 is 0 Å². The third-order valence-electron chi connectivity index (χ3n) is 4.67. The predicted molar refractivity (Wildman–Crippen MR) is 80.2 cm³/mol. The van der Waals surface area contributed by atoms with Crippen molar-refractivity contribution in [2.45, 2.75) is 65.0 Å². The molecule has 19 heavy (non-hydrogen) atoms. The van der Waals surface area contributed by atoms with Crippen molar-refractivity contribution in [3.05, 3.63) is 18.2 Å². The lowest BCUT2D eigenvalue weighted by atomic mass is 9.78. The summed E-state index contributed by atoms with van der Waals surface area (Å²) in [7, 11) is 2.11. The lowest BCUT2D eigenvalue weighted by Gasteiger charge is -2.32. The molecule has 0 amide bonds. The number of rotatable bonds is 6. The van der Waals surface area contributed by atoms with Crippen LogP contribution >= 0.6 is 0 Å². The number of nitrogens with zero attached hydrogens (tertiary/aromatic N) is 2. The van der Waals surface area contributed by atoms with Gasteiger partial charge >= 0.3 is 0 Å². The maximum Gasteiger partial charge on any atom is 0.110 e. The van der Waals surface area contributed by atoms with Crippen molar-refractivity contribution >= 4 is 0 Å². The van der Waals surface area contributed by atoms with Gasteiger partial charge in [-0.25, -0.2) is 4.98 Å². The van der Waals surface area contributed by atoms with E-state index in [-0.39, 0.29) is 0 Å². The maximum atomic E-state index is 4.56. The summed E-state index contributed by atoms with van der Waals surface area (Å²) < 4.78 is 2.32. The highest BCUT2D eigenvalue weighted by molar-refractivity contribution is 4.97. The molecule has 0 aromatic carbocycles. The highest BCUT2D eigenvalue weighted by atomic mass is 15.1. The Morgan fingerprint density at radius 1 is 1.37 bits per heavy atom. The van der Waals surface area contributed by atoms with Gasteiger partial charge in [-0.3, -0.25) is 0 Å². The summed E-state index contributed by atoms with van der Waals surface area (Å²) in [5.41, 5.74) is 0. The summed E-state index contributed by atoms with van der Waals surface area (Å²) in [5, 5.41) is 3.54. The first kappa shape index (κ1) is 14.6. The van der Waals surface area contributed by atoms with E-state index in [0.29, 0.717) is 6.04 Å². The van der Waals surface area contributed by atoms with Crippen molar-refractivity contribution < 1.29 is 0 Å². The molecule has 3 nitrogen and oxygen atoms in total. The van der Waals surface area contributed by atoms with E-state index in [4.69, 9.17) is 0 Å². The molecule has 1 saturated carbocycles. The zero-order valence-electron chi connectivity index (χ0n) is 12.7. The summed E-state index contributed by atoms with van der Waals surface area (Å²) >= 11 is 0. The lowest BCUT2D eigenvalue weighted by molar-refractivity contribution is 0.232. The molecule has 0 bridgehead atoms. The van der Waals surface area contributed by atoms with Crippen molar-refractivity contribution in [2.24, 2.45) is 11.8 Å². The predicted octanol–water partition coefficient (Wildman–Crippen LogP) is 3.25. The molecule has 1 aliphatic rings. The fourth-order valence-corrected chi connectivity index (χ4v) is 3.36. The first-order valence-corrected chi connectivity index (χ1v) is 7.91. The molecule has 0 aliphatic heterocycles. The van der Waals surface area contributed by atoms with Gasteiger partial charge < -0.3 is 9.88 Å². The van der Waals surface area contributed by atoms with Crippen molar-refractivity contribution in [1.29, 1.82) is 0 Å². The normalized spacial score (nSPS) is 25.4. The number of nitrogens with one attached hydrogen (secondary N) is 1. The molecule has 3 heteroatoms. The van der Waals surface area contributed by atoms with Crippen LogP contribution < -0.4 is 5.32 Å². The minimum atomic E-state index is 0.588. The highest BCUT2D eigenvalue weighted by Crippen LogP contribution is 2.31. The molecule has 1 aliphatic carbocycles. The van der Waals surface area contributed by atoms with Gasteiger partial charge in [0.25, 0.3) is 0 Å². The fraction of sp³-hybridized carbons (Fsp3) is 0.812. The standard InChI is InChI=1S/C16H29N3/c1-4-10-19-11-9-18-16(19)12-15(17-3)14-7-5-13(2)6-8-14/h9,11,13-15,17H,4-8,10,12H2,1-3H3. The van der Waals surface area contributed by atoms with E-state index in [9.17, 15) is 0 Å². The molecule has 1 atom stereocenters. The second-order valence-electron chi connectivity index (χ2n) is 6.16. The number of imidazole rings is 1. The van der Waals surface area contributed by atoms with Gasteiger partial charge in [-0.05, 0) is 38.1 Å². The molecular formula is C16H29N3. The summed E-state index contributed by atoms with van der Waals surface area (Å²) in [6, 6.07) is 0.588. The number of likely N-dealkylation sites (N-methyl/N-ethyl adjacent to an activating group) is 1. The van der Waals surface area contributed by atoms with Crippen LogP contribution in [0.4, 0.5) is 0 Å². The molecule has 1 fully saturated rings. The average Bonchev–Trinajstić information content (AvgIpc) is 2.85. The SMILES string of the molecule is CCCn1ccnc1CC(NC)C1CCC(C)CC1. The van der Waals surface area contributed by atoms with Crippen LogP contribution in [0.2, 0.25) is 0 Å². The van der Waals surface area contributed by atoms with Gasteiger partial charge in [0.15, 0.2) is 0 Å². The van der Waals surface area contributed by atoms with Crippen LogP contribution in [0, 0.1) is 11.8 Å². The smallest absolute Gasteiger partial charge is 0.110 e. The zero-order chi connectivity index (χ0) is 13.7. The Kier molecular flexibility index (Phi) is 5.44. The maximum absolute atomic E-state index is 4.56. The summed E-state index contributed by atoms with van der Waals surface area (Å²) in [6.45, 7) is 5.70. The van der Waals surface area contributed by atoms with Gasteiger partial charge in [-0.15, -0.1) is 0 Å². The van der Waals surface area contributed by atoms with Crippen LogP contribution in [-0.4, -0.2) is 22.6 Å². The van der Waals surface area contributed by atoms with Crippen molar-refractivity contribution in [3.8, 4) is 0 Å². The molecule has 0 radical (unpaired) electrons. The van der Waals surface area contributed by atoms with Crippen LogP contribution in [0.3, 0.4) is 0 Å². The topological polar surface area (TPSA) is 29.9 Å². The Labute approximate surface area is 117 Å². The molecular weight excluding hydrogens is 234 g/mol. The van der Waals surface area contributed by atoms with Gasteiger partial charge in [0.05, 0.1) is 0 Å². The zero-order valence-corrected chi connectivity index (χ0v) is 12.7. The summed E-state index contributed by atoms with van der Waals surface area (Å²) in [6.07, 6.45) is 11.9. The van der Waals surface area contributed by atoms with Crippen molar-refractivity contribution in [3.63, 3.8) is 0 Å². The van der Waals surface area contributed by atoms with Gasteiger partial charge in [0.2, 0.25) is 0 Å². The Balaban J connectivity index is 1.96. The second-order valence-corrected chi connectivity index (χ2v) is 6.16. The van der Waals surface area contributed by atoms with Crippen LogP contribution in [-0.2, 0) is 13.0 Å². The lowest BCUT2D eigenvalue weighted by Crippen LogP contribution is -2.38. The Bertz CT molecular complexity index is 364. The quantitative estimate of drug-likeness (QED) is 0.854. The average molecular weight is 263 g/mol. The van der Waals surface area contributed by atoms with Gasteiger partial charge in [0, 0.05) is 31.4 Å². The minimum Gasteiger partial charge on any atom is -0.335 e. The first-order chi connectivity index (χ1) is 9.24. The summed E-state index contributed by atoms with van der Waals surface area (Å²) in [4.78, 5) is 4.56. The molecule has 1 aromatic heterocycles. The van der Waals surface area contributed by atoms with E-state index in [1.54, 1.807) is 0 Å². The van der Waals surface area contributed by atoms with E-state index in [2.05, 4.69) is 42.0 Å². The fourth-order valence-electron chi connectivity index (χ4n) is 3.36. The molecule has 1 unspecified atom stereocenters. The van der Waals surface area contributed by atoms with Crippen LogP contribution in [0.15, 0.2) is 12.4 Å². The van der Waals surface area contributed by atoms with Crippen molar-refractivity contribution in [2.75, 3.05) is 7.05 Å². The third kappa shape index (κ3) is 3.82. The van der Waals surface area contributed by atoms with E-state index in [0.717, 1.165) is 24.8 Å². The third-order valence-corrected chi connectivity index (χ3v) is 4.67. The summed E-state index contributed by atoms with van der Waals surface area (Å²) in [5.74, 6) is 3.00. The molecule has 108 valence electrons. The Morgan fingerprint density at radius 3 is 2.74 bits per heavy atom. The van der Waals surface area contributed by atoms with Crippen LogP contribution in [0.1, 0.15) is 51.8 Å². The van der Waals surface area contributed by atoms with Crippen LogP contribution in [0.5, 0.6) is 0 Å². The number of aromatic nitrogens is 2. The van der Waals surface area contributed by atoms with E-state index in [1.807, 2.05) is 6.20 Å². The monoisotopic (exact) mass is 263 g/mol. The van der Waals surface area contributed by atoms with Gasteiger partial charge in [0.1, 0.15) is 5.82 Å². The Morgan fingerprint density at radius 2 is 2.11 bits per heavy atom. The van der Waals surface area contributed by atoms with Gasteiger partial charge in [-0.2, -0.15) is 0 Å². The van der Waals surface area contributed by atoms with Crippen molar-refractivity contribution in [1.82, 2.24) is 14.9 Å². The van der Waals surface area contributed by atoms with Crippen LogP contribution in [0.25, 0.3) is 0 Å². The Hall–Kier alpha value is -0.830.